The van der Waals surface area contributed by atoms with E-state index in [1.165, 1.54) is 12.3 Å². The molecule has 0 atom stereocenters. The van der Waals surface area contributed by atoms with E-state index in [1.54, 1.807) is 30.3 Å². The van der Waals surface area contributed by atoms with E-state index in [0.29, 0.717) is 16.1 Å². The van der Waals surface area contributed by atoms with Crippen molar-refractivity contribution in [2.24, 2.45) is 0 Å². The number of rotatable bonds is 4. The molecule has 1 N–H and O–H groups in total. The molecular weight excluding hydrogens is 348 g/mol. The summed E-state index contributed by atoms with van der Waals surface area (Å²) in [5.41, 5.74) is 0.913. The maximum absolute atomic E-state index is 12.5. The second kappa shape index (κ2) is 6.91. The van der Waals surface area contributed by atoms with Crippen LogP contribution in [0.15, 0.2) is 47.5 Å². The number of anilines is 1. The average Bonchev–Trinajstić information content (AvgIpc) is 3.10. The van der Waals surface area contributed by atoms with Gasteiger partial charge < -0.3 is 5.32 Å². The highest BCUT2D eigenvalue weighted by atomic mass is 35.5. The van der Waals surface area contributed by atoms with Crippen molar-refractivity contribution >= 4 is 33.0 Å². The van der Waals surface area contributed by atoms with E-state index in [4.69, 9.17) is 11.6 Å². The summed E-state index contributed by atoms with van der Waals surface area (Å²) >= 11 is 5.77. The van der Waals surface area contributed by atoms with E-state index in [2.05, 4.69) is 10.3 Å². The second-order valence-corrected chi connectivity index (χ2v) is 8.41. The third-order valence-corrected chi connectivity index (χ3v) is 6.66. The van der Waals surface area contributed by atoms with Gasteiger partial charge in [-0.15, -0.1) is 0 Å². The van der Waals surface area contributed by atoms with Crippen LogP contribution in [-0.4, -0.2) is 24.6 Å². The molecule has 1 aliphatic carbocycles. The predicted octanol–water partition coefficient (Wildman–Crippen LogP) is 3.70. The molecule has 0 aliphatic heterocycles. The smallest absolute Gasteiger partial charge is 0.255 e. The van der Waals surface area contributed by atoms with Gasteiger partial charge in [-0.25, -0.2) is 13.4 Å². The number of carbonyl (C=O) groups excluding carboxylic acids is 1. The van der Waals surface area contributed by atoms with Crippen molar-refractivity contribution in [2.45, 2.75) is 35.8 Å². The van der Waals surface area contributed by atoms with Crippen molar-refractivity contribution in [3.05, 3.63) is 53.3 Å². The summed E-state index contributed by atoms with van der Waals surface area (Å²) in [5.74, 6) is -0.328. The number of hydrogen-bond acceptors (Lipinski definition) is 4. The first-order valence-corrected chi connectivity index (χ1v) is 9.66. The van der Waals surface area contributed by atoms with Crippen molar-refractivity contribution in [1.82, 2.24) is 4.98 Å². The largest absolute Gasteiger partial charge is 0.322 e. The Morgan fingerprint density at radius 2 is 1.79 bits per heavy atom. The number of carbonyl (C=O) groups is 1. The molecule has 0 radical (unpaired) electrons. The summed E-state index contributed by atoms with van der Waals surface area (Å²) in [7, 11) is -3.28. The minimum absolute atomic E-state index is 0.237. The molecule has 1 saturated carbocycles. The van der Waals surface area contributed by atoms with Gasteiger partial charge in [-0.2, -0.15) is 0 Å². The molecule has 126 valence electrons. The van der Waals surface area contributed by atoms with Crippen molar-refractivity contribution in [3.63, 3.8) is 0 Å². The van der Waals surface area contributed by atoms with Gasteiger partial charge >= 0.3 is 0 Å². The third kappa shape index (κ3) is 3.60. The second-order valence-electron chi connectivity index (χ2n) is 5.80. The zero-order chi connectivity index (χ0) is 17.2. The summed E-state index contributed by atoms with van der Waals surface area (Å²) in [6, 6.07) is 9.31. The monoisotopic (exact) mass is 364 g/mol. The molecule has 0 unspecified atom stereocenters. The summed E-state index contributed by atoms with van der Waals surface area (Å²) in [4.78, 5) is 16.3. The van der Waals surface area contributed by atoms with Crippen LogP contribution in [0.2, 0.25) is 5.15 Å². The fourth-order valence-electron chi connectivity index (χ4n) is 2.87. The Morgan fingerprint density at radius 3 is 2.42 bits per heavy atom. The normalized spacial score (nSPS) is 15.4. The van der Waals surface area contributed by atoms with Crippen LogP contribution in [0.1, 0.15) is 36.0 Å². The quantitative estimate of drug-likeness (QED) is 0.839. The minimum atomic E-state index is -3.28. The van der Waals surface area contributed by atoms with Crippen molar-refractivity contribution in [3.8, 4) is 0 Å². The number of aromatic nitrogens is 1. The number of benzene rings is 1. The van der Waals surface area contributed by atoms with Crippen molar-refractivity contribution < 1.29 is 13.2 Å². The van der Waals surface area contributed by atoms with Crippen LogP contribution in [0.3, 0.4) is 0 Å². The Kier molecular flexibility index (Phi) is 4.87. The molecule has 1 aromatic carbocycles. The molecule has 0 bridgehead atoms. The zero-order valence-corrected chi connectivity index (χ0v) is 14.5. The van der Waals surface area contributed by atoms with E-state index in [0.717, 1.165) is 25.7 Å². The molecule has 5 nitrogen and oxygen atoms in total. The van der Waals surface area contributed by atoms with Gasteiger partial charge in [0.15, 0.2) is 9.84 Å². The Bertz CT molecular complexity index is 844. The molecule has 24 heavy (non-hydrogen) atoms. The molecule has 1 heterocycles. The maximum atomic E-state index is 12.5. The minimum Gasteiger partial charge on any atom is -0.322 e. The highest BCUT2D eigenvalue weighted by molar-refractivity contribution is 7.92. The highest BCUT2D eigenvalue weighted by Crippen LogP contribution is 2.30. The lowest BCUT2D eigenvalue weighted by atomic mass is 10.2. The van der Waals surface area contributed by atoms with Crippen LogP contribution < -0.4 is 5.32 Å². The summed E-state index contributed by atoms with van der Waals surface area (Å²) in [6.45, 7) is 0. The molecule has 0 saturated heterocycles. The molecule has 1 aromatic heterocycles. The number of sulfone groups is 1. The van der Waals surface area contributed by atoms with Gasteiger partial charge in [0.1, 0.15) is 5.15 Å². The first-order valence-electron chi connectivity index (χ1n) is 7.74. The molecule has 7 heteroatoms. The lowest BCUT2D eigenvalue weighted by Crippen LogP contribution is -2.18. The Morgan fingerprint density at radius 1 is 1.12 bits per heavy atom. The van der Waals surface area contributed by atoms with Crippen LogP contribution in [0.5, 0.6) is 0 Å². The van der Waals surface area contributed by atoms with Crippen molar-refractivity contribution in [1.29, 1.82) is 0 Å². The van der Waals surface area contributed by atoms with Crippen LogP contribution in [0.25, 0.3) is 0 Å². The first kappa shape index (κ1) is 16.9. The maximum Gasteiger partial charge on any atom is 0.255 e. The molecule has 3 rings (SSSR count). The van der Waals surface area contributed by atoms with E-state index < -0.39 is 9.84 Å². The van der Waals surface area contributed by atoms with Gasteiger partial charge in [0.2, 0.25) is 0 Å². The third-order valence-electron chi connectivity index (χ3n) is 4.17. The van der Waals surface area contributed by atoms with E-state index in [1.807, 2.05) is 0 Å². The molecule has 1 aliphatic rings. The van der Waals surface area contributed by atoms with Crippen LogP contribution >= 0.6 is 11.6 Å². The fraction of sp³-hybridized carbons (Fsp3) is 0.294. The van der Waals surface area contributed by atoms with Crippen molar-refractivity contribution in [2.75, 3.05) is 5.32 Å². The van der Waals surface area contributed by atoms with Gasteiger partial charge in [0.25, 0.3) is 5.91 Å². The standard InChI is InChI=1S/C17H17ClN2O3S/c18-16-11-12(9-10-19-16)17(21)20-13-5-7-15(8-6-13)24(22,23)14-3-1-2-4-14/h5-11,14H,1-4H2,(H,20,21). The molecule has 1 fully saturated rings. The molecule has 1 amide bonds. The average molecular weight is 365 g/mol. The zero-order valence-electron chi connectivity index (χ0n) is 12.9. The van der Waals surface area contributed by atoms with Gasteiger partial charge in [-0.3, -0.25) is 4.79 Å². The predicted molar refractivity (Wildman–Crippen MR) is 93.1 cm³/mol. The summed E-state index contributed by atoms with van der Waals surface area (Å²) in [6.07, 6.45) is 4.83. The highest BCUT2D eigenvalue weighted by Gasteiger charge is 2.30. The van der Waals surface area contributed by atoms with E-state index >= 15 is 0 Å². The molecule has 0 spiro atoms. The number of halogens is 1. The Labute approximate surface area is 146 Å². The fourth-order valence-corrected chi connectivity index (χ4v) is 4.89. The SMILES string of the molecule is O=C(Nc1ccc(S(=O)(=O)C2CCCC2)cc1)c1ccnc(Cl)c1. The van der Waals surface area contributed by atoms with Crippen LogP contribution in [0, 0.1) is 0 Å². The topological polar surface area (TPSA) is 76.1 Å². The number of amides is 1. The summed E-state index contributed by atoms with van der Waals surface area (Å²) in [5, 5.41) is 2.67. The summed E-state index contributed by atoms with van der Waals surface area (Å²) < 4.78 is 25.0. The van der Waals surface area contributed by atoms with Gasteiger partial charge in [0, 0.05) is 17.4 Å². The Balaban J connectivity index is 1.74. The first-order chi connectivity index (χ1) is 11.5. The van der Waals surface area contributed by atoms with Gasteiger partial charge in [0.05, 0.1) is 10.1 Å². The van der Waals surface area contributed by atoms with E-state index in [9.17, 15) is 13.2 Å². The molecular formula is C17H17ClN2O3S. The van der Waals surface area contributed by atoms with E-state index in [-0.39, 0.29) is 16.3 Å². The number of hydrogen-bond donors (Lipinski definition) is 1. The lowest BCUT2D eigenvalue weighted by Gasteiger charge is -2.12. The number of pyridine rings is 1. The molecule has 2 aromatic rings. The number of nitrogens with one attached hydrogen (secondary N) is 1. The van der Waals surface area contributed by atoms with Gasteiger partial charge in [-0.05, 0) is 49.2 Å². The van der Waals surface area contributed by atoms with Gasteiger partial charge in [-0.1, -0.05) is 24.4 Å². The van der Waals surface area contributed by atoms with Crippen LogP contribution in [0.4, 0.5) is 5.69 Å². The lowest BCUT2D eigenvalue weighted by molar-refractivity contribution is 0.102. The Hall–Kier alpha value is -1.92. The number of nitrogens with zero attached hydrogens (tertiary/aromatic N) is 1. The van der Waals surface area contributed by atoms with Crippen LogP contribution in [-0.2, 0) is 9.84 Å².